The Morgan fingerprint density at radius 2 is 0.730 bits per heavy atom. The monoisotopic (exact) mass is 1050 g/mol. The summed E-state index contributed by atoms with van der Waals surface area (Å²) in [6.07, 6.45) is 78.0. The maximum atomic E-state index is 12.8. The van der Waals surface area contributed by atoms with Gasteiger partial charge in [0.05, 0.1) is 27.7 Å². The van der Waals surface area contributed by atoms with Crippen LogP contribution in [-0.2, 0) is 32.7 Å². The van der Waals surface area contributed by atoms with E-state index in [1.807, 2.05) is 21.1 Å². The standard InChI is InChI=1S/C64H106NO8P/c1-6-8-10-12-14-16-18-20-22-24-26-28-30-32-34-36-38-40-42-44-46-48-50-52-54-56-63(66)70-60-62(61-72-74(68,69)71-59-58-65(3,4)5)73-64(67)57-55-53-51-49-47-45-43-41-39-37-35-33-31-29-27-25-23-21-19-17-15-13-11-9-7-2/h8-11,14-17,20-23,26-29,33,35,39,41,45,47,62H,6-7,12-13,18-19,24-25,30-32,34,36-38,40,42-44,46,48-61H2,1-5H3/p+1/b10-8-,11-9-,16-14-,17-15-,22-20-,23-21-,28-26-,29-27-,35-33-,41-39-,47-45-. The Hall–Kier alpha value is -3.85. The normalized spacial score (nSPS) is 14.3. The summed E-state index contributed by atoms with van der Waals surface area (Å²) in [5.41, 5.74) is 0. The number of carbonyl (C=O) groups excluding carboxylic acids is 2. The second kappa shape index (κ2) is 54.0. The number of hydrogen-bond donors (Lipinski definition) is 1. The minimum absolute atomic E-state index is 0.0169. The highest BCUT2D eigenvalue weighted by Crippen LogP contribution is 2.43. The Kier molecular flexibility index (Phi) is 51.2. The molecule has 0 amide bonds. The minimum atomic E-state index is -4.41. The first-order valence-corrected chi connectivity index (χ1v) is 30.4. The molecule has 0 saturated carbocycles. The first kappa shape index (κ1) is 70.1. The zero-order valence-corrected chi connectivity index (χ0v) is 48.4. The molecule has 0 aromatic carbocycles. The van der Waals surface area contributed by atoms with Crippen molar-refractivity contribution in [1.29, 1.82) is 0 Å². The van der Waals surface area contributed by atoms with Crippen LogP contribution in [0.25, 0.3) is 0 Å². The SMILES string of the molecule is CC/C=C\C/C=C\C/C=C\C/C=C\C/C=C\C/C=C\C/C=C\CCCCCC(=O)OC(COC(=O)CCCCCCCCCCCCCC/C=C\C/C=C\C/C=C\C/C=C\CC)COP(=O)(O)OCC[N+](C)(C)C. The lowest BCUT2D eigenvalue weighted by Gasteiger charge is -2.24. The quantitative estimate of drug-likeness (QED) is 0.0211. The zero-order chi connectivity index (χ0) is 54.2. The first-order valence-electron chi connectivity index (χ1n) is 28.9. The molecule has 2 atom stereocenters. The van der Waals surface area contributed by atoms with E-state index in [1.165, 1.54) is 64.2 Å². The van der Waals surface area contributed by atoms with E-state index < -0.39 is 26.5 Å². The van der Waals surface area contributed by atoms with Gasteiger partial charge in [-0.2, -0.15) is 0 Å². The molecule has 0 spiro atoms. The third-order valence-corrected chi connectivity index (χ3v) is 12.7. The van der Waals surface area contributed by atoms with E-state index >= 15 is 0 Å². The summed E-state index contributed by atoms with van der Waals surface area (Å²) in [6.45, 7) is 4.15. The molecule has 0 aromatic heterocycles. The van der Waals surface area contributed by atoms with Gasteiger partial charge in [-0.3, -0.25) is 18.6 Å². The van der Waals surface area contributed by atoms with Crippen molar-refractivity contribution < 1.29 is 42.1 Å². The average molecular weight is 1050 g/mol. The van der Waals surface area contributed by atoms with Gasteiger partial charge in [-0.05, 0) is 109 Å². The fourth-order valence-electron chi connectivity index (χ4n) is 7.28. The molecule has 0 heterocycles. The number of esters is 2. The molecule has 0 radical (unpaired) electrons. The van der Waals surface area contributed by atoms with Crippen molar-refractivity contribution in [1.82, 2.24) is 0 Å². The molecule has 10 heteroatoms. The van der Waals surface area contributed by atoms with Crippen molar-refractivity contribution in [3.63, 3.8) is 0 Å². The molecule has 0 aromatic rings. The molecule has 0 saturated heterocycles. The smallest absolute Gasteiger partial charge is 0.462 e. The number of rotatable bonds is 51. The van der Waals surface area contributed by atoms with Crippen LogP contribution in [0.1, 0.15) is 206 Å². The van der Waals surface area contributed by atoms with Crippen molar-refractivity contribution in [2.75, 3.05) is 47.5 Å². The Labute approximate surface area is 453 Å². The van der Waals surface area contributed by atoms with Gasteiger partial charge in [0.15, 0.2) is 6.10 Å². The van der Waals surface area contributed by atoms with Crippen molar-refractivity contribution in [3.8, 4) is 0 Å². The molecule has 0 bridgehead atoms. The van der Waals surface area contributed by atoms with Gasteiger partial charge in [-0.1, -0.05) is 218 Å². The number of unbranched alkanes of at least 4 members (excludes halogenated alkanes) is 15. The summed E-state index contributed by atoms with van der Waals surface area (Å²) in [7, 11) is 1.43. The fraction of sp³-hybridized carbons (Fsp3) is 0.625. The summed E-state index contributed by atoms with van der Waals surface area (Å²) in [4.78, 5) is 35.7. The number of carbonyl (C=O) groups is 2. The maximum Gasteiger partial charge on any atom is 0.472 e. The van der Waals surface area contributed by atoms with E-state index in [9.17, 15) is 19.0 Å². The van der Waals surface area contributed by atoms with Crippen molar-refractivity contribution in [2.24, 2.45) is 0 Å². The molecular weight excluding hydrogens is 942 g/mol. The number of phosphoric acid groups is 1. The van der Waals surface area contributed by atoms with Crippen LogP contribution in [0.2, 0.25) is 0 Å². The lowest BCUT2D eigenvalue weighted by Crippen LogP contribution is -2.37. The summed E-state index contributed by atoms with van der Waals surface area (Å²) < 4.78 is 34.5. The number of nitrogens with zero attached hydrogens (tertiary/aromatic N) is 1. The highest BCUT2D eigenvalue weighted by atomic mass is 31.2. The Balaban J connectivity index is 4.28. The topological polar surface area (TPSA) is 108 Å². The molecule has 0 aliphatic heterocycles. The number of allylic oxidation sites excluding steroid dienone is 22. The molecule has 420 valence electrons. The highest BCUT2D eigenvalue weighted by Gasteiger charge is 2.27. The van der Waals surface area contributed by atoms with Crippen LogP contribution in [0.3, 0.4) is 0 Å². The third-order valence-electron chi connectivity index (χ3n) is 11.7. The molecule has 74 heavy (non-hydrogen) atoms. The largest absolute Gasteiger partial charge is 0.472 e. The van der Waals surface area contributed by atoms with E-state index in [4.69, 9.17) is 18.5 Å². The van der Waals surface area contributed by atoms with Gasteiger partial charge in [0.1, 0.15) is 19.8 Å². The molecule has 2 unspecified atom stereocenters. The number of phosphoric ester groups is 1. The van der Waals surface area contributed by atoms with Crippen LogP contribution in [0.5, 0.6) is 0 Å². The van der Waals surface area contributed by atoms with E-state index in [2.05, 4.69) is 148 Å². The molecule has 0 aliphatic rings. The van der Waals surface area contributed by atoms with Crippen LogP contribution >= 0.6 is 7.82 Å². The Bertz CT molecular complexity index is 1710. The van der Waals surface area contributed by atoms with E-state index in [0.29, 0.717) is 17.4 Å². The number of hydrogen-bond acceptors (Lipinski definition) is 7. The van der Waals surface area contributed by atoms with Gasteiger partial charge >= 0.3 is 19.8 Å². The number of quaternary nitrogens is 1. The van der Waals surface area contributed by atoms with Crippen molar-refractivity contribution >= 4 is 19.8 Å². The van der Waals surface area contributed by atoms with Gasteiger partial charge in [-0.15, -0.1) is 0 Å². The maximum absolute atomic E-state index is 12.8. The summed E-state index contributed by atoms with van der Waals surface area (Å²) in [5.74, 6) is -0.847. The van der Waals surface area contributed by atoms with Gasteiger partial charge in [0.2, 0.25) is 0 Å². The molecule has 1 N–H and O–H groups in total. The number of likely N-dealkylation sites (N-methyl/N-ethyl adjacent to an activating group) is 1. The van der Waals surface area contributed by atoms with Crippen LogP contribution < -0.4 is 0 Å². The van der Waals surface area contributed by atoms with E-state index in [1.54, 1.807) is 0 Å². The average Bonchev–Trinajstić information content (AvgIpc) is 3.36. The summed E-state index contributed by atoms with van der Waals surface area (Å²) in [6, 6.07) is 0. The number of ether oxygens (including phenoxy) is 2. The molecule has 0 rings (SSSR count). The minimum Gasteiger partial charge on any atom is -0.462 e. The van der Waals surface area contributed by atoms with Gasteiger partial charge in [0.25, 0.3) is 0 Å². The predicted octanol–water partition coefficient (Wildman–Crippen LogP) is 18.1. The predicted molar refractivity (Wildman–Crippen MR) is 316 cm³/mol. The van der Waals surface area contributed by atoms with E-state index in [0.717, 1.165) is 109 Å². The molecular formula is C64H107NO8P+. The van der Waals surface area contributed by atoms with Crippen molar-refractivity contribution in [2.45, 2.75) is 213 Å². The molecule has 0 fully saturated rings. The van der Waals surface area contributed by atoms with Gasteiger partial charge < -0.3 is 18.9 Å². The lowest BCUT2D eigenvalue weighted by atomic mass is 10.0. The second-order valence-corrected chi connectivity index (χ2v) is 21.4. The lowest BCUT2D eigenvalue weighted by molar-refractivity contribution is -0.870. The van der Waals surface area contributed by atoms with Crippen LogP contribution in [-0.4, -0.2) is 74.9 Å². The molecule has 9 nitrogen and oxygen atoms in total. The third kappa shape index (κ3) is 57.4. The Morgan fingerprint density at radius 3 is 1.09 bits per heavy atom. The van der Waals surface area contributed by atoms with E-state index in [-0.39, 0.29) is 32.0 Å². The first-order chi connectivity index (χ1) is 36.0. The van der Waals surface area contributed by atoms with Crippen molar-refractivity contribution in [3.05, 3.63) is 134 Å². The zero-order valence-electron chi connectivity index (χ0n) is 47.5. The summed E-state index contributed by atoms with van der Waals surface area (Å²) in [5, 5.41) is 0. The second-order valence-electron chi connectivity index (χ2n) is 19.9. The van der Waals surface area contributed by atoms with Crippen LogP contribution in [0, 0.1) is 0 Å². The van der Waals surface area contributed by atoms with Crippen LogP contribution in [0.4, 0.5) is 0 Å². The highest BCUT2D eigenvalue weighted by molar-refractivity contribution is 7.47. The fourth-order valence-corrected chi connectivity index (χ4v) is 8.02. The van der Waals surface area contributed by atoms with Gasteiger partial charge in [-0.25, -0.2) is 4.57 Å². The molecule has 0 aliphatic carbocycles. The Morgan fingerprint density at radius 1 is 0.419 bits per heavy atom. The van der Waals surface area contributed by atoms with Gasteiger partial charge in [0, 0.05) is 12.8 Å². The summed E-state index contributed by atoms with van der Waals surface area (Å²) >= 11 is 0. The van der Waals surface area contributed by atoms with Crippen LogP contribution in [0.15, 0.2) is 134 Å².